The first-order valence-corrected chi connectivity index (χ1v) is 9.91. The third kappa shape index (κ3) is 4.84. The van der Waals surface area contributed by atoms with Gasteiger partial charge in [-0.1, -0.05) is 0 Å². The summed E-state index contributed by atoms with van der Waals surface area (Å²) in [6, 6.07) is 3.61. The van der Waals surface area contributed by atoms with Gasteiger partial charge in [0.05, 0.1) is 11.1 Å². The average Bonchev–Trinajstić information content (AvgIpc) is 3.29. The Morgan fingerprint density at radius 3 is 2.71 bits per heavy atom. The van der Waals surface area contributed by atoms with Crippen LogP contribution in [0.3, 0.4) is 0 Å². The van der Waals surface area contributed by atoms with E-state index in [1.807, 2.05) is 0 Å². The molecule has 1 aliphatic heterocycles. The van der Waals surface area contributed by atoms with Crippen molar-refractivity contribution in [2.24, 2.45) is 0 Å². The van der Waals surface area contributed by atoms with E-state index in [9.17, 15) is 9.59 Å². The summed E-state index contributed by atoms with van der Waals surface area (Å²) < 4.78 is 0. The number of hydrogen-bond acceptors (Lipinski definition) is 5. The molecule has 2 amide bonds. The quantitative estimate of drug-likeness (QED) is 0.678. The van der Waals surface area contributed by atoms with Gasteiger partial charge < -0.3 is 16.0 Å². The fraction of sp³-hybridized carbons (Fsp3) is 0.421. The van der Waals surface area contributed by atoms with Crippen molar-refractivity contribution < 1.29 is 9.59 Å². The largest absolute Gasteiger partial charge is 0.348 e. The number of aromatic nitrogens is 1. The zero-order valence-electron chi connectivity index (χ0n) is 15.3. The second-order valence-electron chi connectivity index (χ2n) is 6.77. The summed E-state index contributed by atoms with van der Waals surface area (Å²) >= 11 is 1.54. The molecule has 28 heavy (non-hydrogen) atoms. The number of amides is 2. The second kappa shape index (κ2) is 10.2. The highest BCUT2D eigenvalue weighted by Gasteiger charge is 2.28. The highest BCUT2D eigenvalue weighted by atomic mass is 35.5. The molecule has 6 nitrogen and oxygen atoms in total. The van der Waals surface area contributed by atoms with E-state index in [1.54, 1.807) is 29.7 Å². The van der Waals surface area contributed by atoms with Gasteiger partial charge in [-0.05, 0) is 56.3 Å². The first-order chi connectivity index (χ1) is 12.7. The van der Waals surface area contributed by atoms with Crippen molar-refractivity contribution in [3.63, 3.8) is 0 Å². The number of anilines is 1. The van der Waals surface area contributed by atoms with Crippen LogP contribution in [0.5, 0.6) is 0 Å². The van der Waals surface area contributed by atoms with Crippen molar-refractivity contribution in [2.45, 2.75) is 38.1 Å². The van der Waals surface area contributed by atoms with Crippen molar-refractivity contribution in [3.05, 3.63) is 46.1 Å². The molecular formula is C19H24Cl2N4O2S. The van der Waals surface area contributed by atoms with Gasteiger partial charge in [-0.15, -0.1) is 36.2 Å². The molecule has 4 rings (SSSR count). The summed E-state index contributed by atoms with van der Waals surface area (Å²) in [7, 11) is 0. The van der Waals surface area contributed by atoms with Crippen LogP contribution in [0.2, 0.25) is 0 Å². The van der Waals surface area contributed by atoms with Gasteiger partial charge >= 0.3 is 0 Å². The lowest BCUT2D eigenvalue weighted by atomic mass is 9.95. The fourth-order valence-electron chi connectivity index (χ4n) is 3.60. The molecule has 1 saturated heterocycles. The van der Waals surface area contributed by atoms with Gasteiger partial charge in [-0.3, -0.25) is 14.6 Å². The van der Waals surface area contributed by atoms with E-state index >= 15 is 0 Å². The van der Waals surface area contributed by atoms with Crippen LogP contribution < -0.4 is 16.0 Å². The average molecular weight is 443 g/mol. The van der Waals surface area contributed by atoms with Crippen molar-refractivity contribution in [1.29, 1.82) is 0 Å². The van der Waals surface area contributed by atoms with Crippen LogP contribution in [0.4, 0.5) is 5.00 Å². The number of carbonyl (C=O) groups excluding carboxylic acids is 2. The summed E-state index contributed by atoms with van der Waals surface area (Å²) in [6.07, 6.45) is 8.22. The molecule has 9 heteroatoms. The topological polar surface area (TPSA) is 83.1 Å². The Morgan fingerprint density at radius 2 is 2.00 bits per heavy atom. The first-order valence-electron chi connectivity index (χ1n) is 9.10. The lowest BCUT2D eigenvalue weighted by Gasteiger charge is -2.15. The smallest absolute Gasteiger partial charge is 0.257 e. The lowest BCUT2D eigenvalue weighted by molar-refractivity contribution is 0.0940. The summed E-state index contributed by atoms with van der Waals surface area (Å²) in [6.45, 7) is 1.73. The fourth-order valence-corrected chi connectivity index (χ4v) is 4.88. The van der Waals surface area contributed by atoms with E-state index in [2.05, 4.69) is 20.9 Å². The molecule has 0 saturated carbocycles. The molecule has 3 N–H and O–H groups in total. The number of nitrogens with zero attached hydrogens (tertiary/aromatic N) is 1. The number of carbonyl (C=O) groups is 2. The minimum Gasteiger partial charge on any atom is -0.348 e. The third-order valence-electron chi connectivity index (χ3n) is 4.94. The zero-order valence-corrected chi connectivity index (χ0v) is 17.8. The van der Waals surface area contributed by atoms with Gasteiger partial charge in [-0.25, -0.2) is 0 Å². The van der Waals surface area contributed by atoms with E-state index in [-0.39, 0.29) is 42.7 Å². The molecule has 2 aromatic rings. The van der Waals surface area contributed by atoms with Crippen LogP contribution in [0.15, 0.2) is 24.5 Å². The Morgan fingerprint density at radius 1 is 1.18 bits per heavy atom. The van der Waals surface area contributed by atoms with Gasteiger partial charge in [0.15, 0.2) is 0 Å². The van der Waals surface area contributed by atoms with Crippen LogP contribution in [0, 0.1) is 0 Å². The zero-order chi connectivity index (χ0) is 17.9. The number of rotatable bonds is 4. The standard InChI is InChI=1S/C19H22N4O2S.2ClH/c24-17(12-4-3-8-20-10-12)23-19-16(14-5-1-2-6-15(14)26-19)18(25)22-13-7-9-21-11-13;;/h3-4,8,10,13,21H,1-2,5-7,9,11H2,(H,22,25)(H,23,24);2*1H. The predicted octanol–water partition coefficient (Wildman–Crippen LogP) is 3.21. The second-order valence-corrected chi connectivity index (χ2v) is 7.88. The molecule has 1 fully saturated rings. The van der Waals surface area contributed by atoms with E-state index in [0.717, 1.165) is 50.8 Å². The molecule has 1 aliphatic carbocycles. The summed E-state index contributed by atoms with van der Waals surface area (Å²) in [5.74, 6) is -0.298. The Balaban J connectivity index is 0.00000140. The SMILES string of the molecule is Cl.Cl.O=C(Nc1sc2c(c1C(=O)NC1CCNC1)CCCC2)c1cccnc1. The number of halogens is 2. The lowest BCUT2D eigenvalue weighted by Crippen LogP contribution is -2.37. The Kier molecular flexibility index (Phi) is 8.24. The van der Waals surface area contributed by atoms with E-state index < -0.39 is 0 Å². The van der Waals surface area contributed by atoms with Crippen LogP contribution in [0.25, 0.3) is 0 Å². The number of nitrogens with one attached hydrogen (secondary N) is 3. The molecule has 0 spiro atoms. The summed E-state index contributed by atoms with van der Waals surface area (Å²) in [5, 5.41) is 10.0. The molecule has 3 heterocycles. The predicted molar refractivity (Wildman–Crippen MR) is 116 cm³/mol. The minimum atomic E-state index is -0.228. The molecule has 2 aromatic heterocycles. The molecule has 0 bridgehead atoms. The third-order valence-corrected chi connectivity index (χ3v) is 6.15. The molecule has 152 valence electrons. The van der Waals surface area contributed by atoms with E-state index in [1.165, 1.54) is 11.1 Å². The van der Waals surface area contributed by atoms with Crippen molar-refractivity contribution >= 4 is 53.0 Å². The molecule has 0 aromatic carbocycles. The van der Waals surface area contributed by atoms with Crippen molar-refractivity contribution in [2.75, 3.05) is 18.4 Å². The van der Waals surface area contributed by atoms with Crippen LogP contribution >= 0.6 is 36.2 Å². The number of thiophene rings is 1. The molecule has 1 unspecified atom stereocenters. The number of fused-ring (bicyclic) bond motifs is 1. The molecule has 1 atom stereocenters. The van der Waals surface area contributed by atoms with Crippen LogP contribution in [-0.4, -0.2) is 35.9 Å². The number of aryl methyl sites for hydroxylation is 1. The first kappa shape index (κ1) is 22.6. The summed E-state index contributed by atoms with van der Waals surface area (Å²) in [4.78, 5) is 30.8. The van der Waals surface area contributed by atoms with E-state index in [0.29, 0.717) is 16.1 Å². The van der Waals surface area contributed by atoms with Crippen molar-refractivity contribution in [1.82, 2.24) is 15.6 Å². The number of hydrogen-bond donors (Lipinski definition) is 3. The van der Waals surface area contributed by atoms with Gasteiger partial charge in [0.25, 0.3) is 11.8 Å². The van der Waals surface area contributed by atoms with Gasteiger partial charge in [-0.2, -0.15) is 0 Å². The normalized spacial score (nSPS) is 17.6. The summed E-state index contributed by atoms with van der Waals surface area (Å²) in [5.41, 5.74) is 2.27. The minimum absolute atomic E-state index is 0. The Bertz CT molecular complexity index is 823. The van der Waals surface area contributed by atoms with Crippen LogP contribution in [0.1, 0.15) is 50.4 Å². The van der Waals surface area contributed by atoms with E-state index in [4.69, 9.17) is 0 Å². The van der Waals surface area contributed by atoms with Gasteiger partial charge in [0.1, 0.15) is 5.00 Å². The Hall–Kier alpha value is -1.67. The molecular weight excluding hydrogens is 419 g/mol. The highest BCUT2D eigenvalue weighted by Crippen LogP contribution is 2.38. The van der Waals surface area contributed by atoms with Gasteiger partial charge in [0, 0.05) is 29.9 Å². The number of pyridine rings is 1. The monoisotopic (exact) mass is 442 g/mol. The maximum absolute atomic E-state index is 13.0. The van der Waals surface area contributed by atoms with Crippen LogP contribution in [-0.2, 0) is 12.8 Å². The maximum atomic E-state index is 13.0. The maximum Gasteiger partial charge on any atom is 0.257 e. The molecule has 2 aliphatic rings. The van der Waals surface area contributed by atoms with Gasteiger partial charge in [0.2, 0.25) is 0 Å². The Labute approximate surface area is 180 Å². The molecule has 0 radical (unpaired) electrons. The highest BCUT2D eigenvalue weighted by molar-refractivity contribution is 7.17. The van der Waals surface area contributed by atoms with Crippen molar-refractivity contribution in [3.8, 4) is 0 Å².